The third-order valence-corrected chi connectivity index (χ3v) is 4.44. The number of carboxylic acid groups (broad SMARTS) is 1. The number of thiazole rings is 1. The first-order valence-corrected chi connectivity index (χ1v) is 8.11. The molecule has 2 N–H and O–H groups in total. The van der Waals surface area contributed by atoms with Crippen LogP contribution in [0.3, 0.4) is 0 Å². The molecule has 0 radical (unpaired) electrons. The monoisotopic (exact) mass is 311 g/mol. The van der Waals surface area contributed by atoms with Crippen LogP contribution in [-0.2, 0) is 11.2 Å². The van der Waals surface area contributed by atoms with E-state index in [-0.39, 0.29) is 18.5 Å². The summed E-state index contributed by atoms with van der Waals surface area (Å²) in [6.45, 7) is 3.12. The van der Waals surface area contributed by atoms with Gasteiger partial charge in [-0.15, -0.1) is 11.3 Å². The van der Waals surface area contributed by atoms with Gasteiger partial charge in [-0.2, -0.15) is 0 Å². The minimum absolute atomic E-state index is 0.0265. The second-order valence-electron chi connectivity index (χ2n) is 5.28. The second-order valence-corrected chi connectivity index (χ2v) is 6.34. The number of carboxylic acids is 1. The standard InChI is InChI=1S/C14H21N3O3S/c1-10-16-11(9-21-10)5-6-15-14(20)17-7-3-2-4-12(17)8-13(18)19/h9,12H,2-8H2,1H3,(H,15,20)(H,18,19). The first-order valence-electron chi connectivity index (χ1n) is 7.23. The number of nitrogens with zero attached hydrogens (tertiary/aromatic N) is 2. The zero-order valence-corrected chi connectivity index (χ0v) is 13.0. The summed E-state index contributed by atoms with van der Waals surface area (Å²) in [4.78, 5) is 29.1. The minimum Gasteiger partial charge on any atom is -0.481 e. The van der Waals surface area contributed by atoms with E-state index in [1.165, 1.54) is 0 Å². The van der Waals surface area contributed by atoms with Crippen molar-refractivity contribution in [3.05, 3.63) is 16.1 Å². The Balaban J connectivity index is 1.81. The zero-order chi connectivity index (χ0) is 15.2. The van der Waals surface area contributed by atoms with Gasteiger partial charge in [0.15, 0.2) is 0 Å². The summed E-state index contributed by atoms with van der Waals surface area (Å²) in [7, 11) is 0. The van der Waals surface area contributed by atoms with Crippen molar-refractivity contribution in [2.45, 2.75) is 45.1 Å². The highest BCUT2D eigenvalue weighted by Gasteiger charge is 2.28. The number of hydrogen-bond donors (Lipinski definition) is 2. The Hall–Kier alpha value is -1.63. The molecule has 1 aromatic heterocycles. The van der Waals surface area contributed by atoms with Crippen LogP contribution in [0.5, 0.6) is 0 Å². The maximum atomic E-state index is 12.2. The Morgan fingerprint density at radius 1 is 1.52 bits per heavy atom. The number of carbonyl (C=O) groups excluding carboxylic acids is 1. The van der Waals surface area contributed by atoms with Crippen molar-refractivity contribution in [3.8, 4) is 0 Å². The number of aromatic nitrogens is 1. The van der Waals surface area contributed by atoms with Gasteiger partial charge in [0.25, 0.3) is 0 Å². The van der Waals surface area contributed by atoms with E-state index >= 15 is 0 Å². The van der Waals surface area contributed by atoms with Gasteiger partial charge in [0.2, 0.25) is 0 Å². The molecule has 1 unspecified atom stereocenters. The molecule has 0 aliphatic carbocycles. The number of urea groups is 1. The van der Waals surface area contributed by atoms with E-state index < -0.39 is 5.97 Å². The van der Waals surface area contributed by atoms with Crippen LogP contribution >= 0.6 is 11.3 Å². The Morgan fingerprint density at radius 3 is 3.00 bits per heavy atom. The third-order valence-electron chi connectivity index (χ3n) is 3.62. The molecule has 2 heterocycles. The fraction of sp³-hybridized carbons (Fsp3) is 0.643. The summed E-state index contributed by atoms with van der Waals surface area (Å²) in [5.74, 6) is -0.849. The summed E-state index contributed by atoms with van der Waals surface area (Å²) in [6, 6.07) is -0.342. The molecule has 116 valence electrons. The van der Waals surface area contributed by atoms with Gasteiger partial charge in [-0.1, -0.05) is 0 Å². The lowest BCUT2D eigenvalue weighted by Gasteiger charge is -2.34. The van der Waals surface area contributed by atoms with E-state index in [2.05, 4.69) is 10.3 Å². The molecule has 1 aromatic rings. The fourth-order valence-electron chi connectivity index (χ4n) is 2.60. The molecule has 0 aromatic carbocycles. The maximum Gasteiger partial charge on any atom is 0.317 e. The van der Waals surface area contributed by atoms with Crippen LogP contribution in [0.1, 0.15) is 36.4 Å². The molecule has 7 heteroatoms. The molecule has 2 rings (SSSR count). The summed E-state index contributed by atoms with van der Waals surface area (Å²) >= 11 is 1.60. The molecule has 0 spiro atoms. The molecular formula is C14H21N3O3S. The molecular weight excluding hydrogens is 290 g/mol. The molecule has 1 aliphatic rings. The number of piperidine rings is 1. The summed E-state index contributed by atoms with van der Waals surface area (Å²) in [5, 5.41) is 14.8. The molecule has 1 aliphatic heterocycles. The first kappa shape index (κ1) is 15.8. The van der Waals surface area contributed by atoms with Gasteiger partial charge in [-0.3, -0.25) is 4.79 Å². The average Bonchev–Trinajstić information content (AvgIpc) is 2.84. The smallest absolute Gasteiger partial charge is 0.317 e. The van der Waals surface area contributed by atoms with E-state index in [1.807, 2.05) is 12.3 Å². The van der Waals surface area contributed by atoms with E-state index in [9.17, 15) is 9.59 Å². The average molecular weight is 311 g/mol. The lowest BCUT2D eigenvalue weighted by molar-refractivity contribution is -0.138. The number of hydrogen-bond acceptors (Lipinski definition) is 4. The number of carbonyl (C=O) groups is 2. The van der Waals surface area contributed by atoms with Crippen LogP contribution in [-0.4, -0.2) is 46.1 Å². The lowest BCUT2D eigenvalue weighted by Crippen LogP contribution is -2.49. The molecule has 21 heavy (non-hydrogen) atoms. The number of aliphatic carboxylic acids is 1. The highest BCUT2D eigenvalue weighted by Crippen LogP contribution is 2.19. The number of aryl methyl sites for hydroxylation is 1. The Labute approximate surface area is 128 Å². The van der Waals surface area contributed by atoms with E-state index in [0.717, 1.165) is 30.0 Å². The SMILES string of the molecule is Cc1nc(CCNC(=O)N2CCCCC2CC(=O)O)cs1. The van der Waals surface area contributed by atoms with Crippen molar-refractivity contribution in [3.63, 3.8) is 0 Å². The molecule has 1 saturated heterocycles. The normalized spacial score (nSPS) is 18.5. The van der Waals surface area contributed by atoms with E-state index in [1.54, 1.807) is 16.2 Å². The fourth-order valence-corrected chi connectivity index (χ4v) is 3.25. The van der Waals surface area contributed by atoms with Gasteiger partial charge in [-0.25, -0.2) is 9.78 Å². The predicted molar refractivity (Wildman–Crippen MR) is 80.6 cm³/mol. The number of rotatable bonds is 5. The van der Waals surface area contributed by atoms with Crippen molar-refractivity contribution >= 4 is 23.3 Å². The minimum atomic E-state index is -0.849. The van der Waals surface area contributed by atoms with Crippen molar-refractivity contribution in [2.75, 3.05) is 13.1 Å². The van der Waals surface area contributed by atoms with Crippen molar-refractivity contribution < 1.29 is 14.7 Å². The van der Waals surface area contributed by atoms with Crippen LogP contribution < -0.4 is 5.32 Å². The van der Waals surface area contributed by atoms with Gasteiger partial charge in [0.1, 0.15) is 0 Å². The van der Waals surface area contributed by atoms with Gasteiger partial charge < -0.3 is 15.3 Å². The van der Waals surface area contributed by atoms with Crippen molar-refractivity contribution in [1.29, 1.82) is 0 Å². The number of amides is 2. The van der Waals surface area contributed by atoms with Crippen LogP contribution in [0.15, 0.2) is 5.38 Å². The number of nitrogens with one attached hydrogen (secondary N) is 1. The van der Waals surface area contributed by atoms with Crippen LogP contribution in [0.2, 0.25) is 0 Å². The summed E-state index contributed by atoms with van der Waals surface area (Å²) in [6.07, 6.45) is 3.42. The lowest BCUT2D eigenvalue weighted by atomic mass is 10.00. The van der Waals surface area contributed by atoms with Crippen LogP contribution in [0.25, 0.3) is 0 Å². The predicted octanol–water partition coefficient (Wildman–Crippen LogP) is 2.03. The third kappa shape index (κ3) is 4.70. The highest BCUT2D eigenvalue weighted by atomic mass is 32.1. The zero-order valence-electron chi connectivity index (χ0n) is 12.2. The summed E-state index contributed by atoms with van der Waals surface area (Å²) < 4.78 is 0. The van der Waals surface area contributed by atoms with Crippen molar-refractivity contribution in [1.82, 2.24) is 15.2 Å². The topological polar surface area (TPSA) is 82.5 Å². The molecule has 1 atom stereocenters. The largest absolute Gasteiger partial charge is 0.481 e. The van der Waals surface area contributed by atoms with Crippen molar-refractivity contribution in [2.24, 2.45) is 0 Å². The molecule has 2 amide bonds. The quantitative estimate of drug-likeness (QED) is 0.871. The number of likely N-dealkylation sites (tertiary alicyclic amines) is 1. The molecule has 0 bridgehead atoms. The van der Waals surface area contributed by atoms with Crippen LogP contribution in [0, 0.1) is 6.92 Å². The summed E-state index contributed by atoms with van der Waals surface area (Å²) in [5.41, 5.74) is 0.985. The van der Waals surface area contributed by atoms with Gasteiger partial charge in [0, 0.05) is 30.9 Å². The van der Waals surface area contributed by atoms with Crippen LogP contribution in [0.4, 0.5) is 4.79 Å². The van der Waals surface area contributed by atoms with E-state index in [4.69, 9.17) is 5.11 Å². The molecule has 1 fully saturated rings. The highest BCUT2D eigenvalue weighted by molar-refractivity contribution is 7.09. The van der Waals surface area contributed by atoms with Gasteiger partial charge >= 0.3 is 12.0 Å². The first-order chi connectivity index (χ1) is 10.1. The van der Waals surface area contributed by atoms with Gasteiger partial charge in [0.05, 0.1) is 17.1 Å². The molecule has 0 saturated carbocycles. The van der Waals surface area contributed by atoms with E-state index in [0.29, 0.717) is 19.5 Å². The Bertz CT molecular complexity index is 503. The Kier molecular flexibility index (Phi) is 5.55. The molecule has 6 nitrogen and oxygen atoms in total. The van der Waals surface area contributed by atoms with Gasteiger partial charge in [-0.05, 0) is 26.2 Å². The maximum absolute atomic E-state index is 12.2. The second kappa shape index (κ2) is 7.40. The Morgan fingerprint density at radius 2 is 2.33 bits per heavy atom.